The van der Waals surface area contributed by atoms with E-state index in [4.69, 9.17) is 19.8 Å². The van der Waals surface area contributed by atoms with Crippen molar-refractivity contribution < 1.29 is 19.8 Å². The molecule has 0 aliphatic rings. The van der Waals surface area contributed by atoms with E-state index in [-0.39, 0.29) is 45.7 Å². The first-order valence-electron chi connectivity index (χ1n) is 17.6. The van der Waals surface area contributed by atoms with Gasteiger partial charge in [0.15, 0.2) is 11.2 Å². The van der Waals surface area contributed by atoms with Crippen LogP contribution in [0.4, 0.5) is 0 Å². The summed E-state index contributed by atoms with van der Waals surface area (Å²) >= 11 is 0. The van der Waals surface area contributed by atoms with Crippen LogP contribution in [0.2, 0.25) is 0 Å². The zero-order valence-corrected chi connectivity index (χ0v) is 22.1. The summed E-state index contributed by atoms with van der Waals surface area (Å²) in [7, 11) is 0. The Balaban J connectivity index is 1.38. The van der Waals surface area contributed by atoms with Crippen molar-refractivity contribution in [1.29, 1.82) is 0 Å². The monoisotopic (exact) mass is 544 g/mol. The zero-order chi connectivity index (χ0) is 34.6. The van der Waals surface area contributed by atoms with E-state index in [0.29, 0.717) is 39.0 Å². The average Bonchev–Trinajstić information content (AvgIpc) is 3.79. The molecule has 0 radical (unpaired) electrons. The van der Waals surface area contributed by atoms with Crippen LogP contribution in [0, 0.1) is 0 Å². The largest absolute Gasteiger partial charge is 0.460 e. The normalized spacial score (nSPS) is 14.5. The number of hydrogen-bond acceptors (Lipinski definition) is 2. The minimum absolute atomic E-state index is 0.186. The first kappa shape index (κ1) is 16.6. The van der Waals surface area contributed by atoms with E-state index in [1.54, 1.807) is 30.5 Å². The molecule has 0 bridgehead atoms. The molecular formula is C40H24O2. The van der Waals surface area contributed by atoms with Crippen molar-refractivity contribution in [3.63, 3.8) is 0 Å². The van der Waals surface area contributed by atoms with Crippen LogP contribution < -0.4 is 0 Å². The van der Waals surface area contributed by atoms with E-state index in [2.05, 4.69) is 0 Å². The van der Waals surface area contributed by atoms with Gasteiger partial charge in [0.25, 0.3) is 0 Å². The molecule has 0 N–H and O–H groups in total. The first-order chi connectivity index (χ1) is 24.2. The maximum absolute atomic E-state index is 9.14. The fraction of sp³-hybridized carbons (Fsp3) is 0. The lowest BCUT2D eigenvalue weighted by Crippen LogP contribution is -1.90. The van der Waals surface area contributed by atoms with Gasteiger partial charge in [-0.05, 0) is 73.1 Å². The maximum Gasteiger partial charge on any atom is 0.178 e. The van der Waals surface area contributed by atoms with Gasteiger partial charge in [-0.15, -0.1) is 0 Å². The second-order valence-electron chi connectivity index (χ2n) is 10.3. The van der Waals surface area contributed by atoms with Gasteiger partial charge in [-0.2, -0.15) is 0 Å². The Kier molecular flexibility index (Phi) is 3.54. The van der Waals surface area contributed by atoms with E-state index in [9.17, 15) is 0 Å². The van der Waals surface area contributed by atoms with Crippen molar-refractivity contribution in [3.8, 4) is 33.4 Å². The van der Waals surface area contributed by atoms with E-state index in [1.807, 2.05) is 66.7 Å². The molecule has 2 aromatic heterocycles. The molecule has 0 amide bonds. The van der Waals surface area contributed by atoms with Gasteiger partial charge < -0.3 is 8.83 Å². The molecule has 9 rings (SSSR count). The molecule has 0 aliphatic carbocycles. The van der Waals surface area contributed by atoms with Crippen molar-refractivity contribution in [2.45, 2.75) is 0 Å². The number of furan rings is 2. The van der Waals surface area contributed by atoms with Crippen LogP contribution in [0.25, 0.3) is 87.8 Å². The highest BCUT2D eigenvalue weighted by molar-refractivity contribution is 6.22. The summed E-state index contributed by atoms with van der Waals surface area (Å²) in [5.41, 5.74) is 5.57. The lowest BCUT2D eigenvalue weighted by atomic mass is 9.85. The van der Waals surface area contributed by atoms with Gasteiger partial charge in [-0.25, -0.2) is 0 Å². The van der Waals surface area contributed by atoms with Crippen molar-refractivity contribution in [3.05, 3.63) is 146 Å². The highest BCUT2D eigenvalue weighted by Gasteiger charge is 2.18. The van der Waals surface area contributed by atoms with Crippen LogP contribution in [-0.4, -0.2) is 0 Å². The summed E-state index contributed by atoms with van der Waals surface area (Å²) < 4.78 is 82.9. The number of fused-ring (bicyclic) bond motifs is 7. The SMILES string of the molecule is [2H]c1c([2H])c([2H])c2c(-c3ccc(-c4cccc5oc6c(ccc7ccoc76)c45)cc3)c3c([2H])c([2H])c([2H])c([2H])c3c(-c3ccccc3)c2c1[2H]. The molecule has 0 aliphatic heterocycles. The molecule has 9 aromatic rings. The lowest BCUT2D eigenvalue weighted by molar-refractivity contribution is 0.600. The van der Waals surface area contributed by atoms with Gasteiger partial charge >= 0.3 is 0 Å². The number of hydrogen-bond donors (Lipinski definition) is 0. The van der Waals surface area contributed by atoms with Crippen molar-refractivity contribution >= 4 is 54.5 Å². The van der Waals surface area contributed by atoms with Crippen molar-refractivity contribution in [1.82, 2.24) is 0 Å². The summed E-state index contributed by atoms with van der Waals surface area (Å²) in [6.07, 6.45) is 1.64. The molecule has 0 saturated heterocycles. The minimum Gasteiger partial charge on any atom is -0.460 e. The molecule has 0 saturated carbocycles. The molecule has 0 spiro atoms. The van der Waals surface area contributed by atoms with Crippen molar-refractivity contribution in [2.24, 2.45) is 0 Å². The molecule has 2 heterocycles. The van der Waals surface area contributed by atoms with Gasteiger partial charge in [0.1, 0.15) is 5.58 Å². The lowest BCUT2D eigenvalue weighted by Gasteiger charge is -2.18. The van der Waals surface area contributed by atoms with Gasteiger partial charge in [-0.3, -0.25) is 0 Å². The van der Waals surface area contributed by atoms with Crippen LogP contribution >= 0.6 is 0 Å². The van der Waals surface area contributed by atoms with Crippen LogP contribution in [-0.2, 0) is 0 Å². The first-order valence-corrected chi connectivity index (χ1v) is 13.6. The summed E-state index contributed by atoms with van der Waals surface area (Å²) in [5.74, 6) is 0. The Bertz CT molecular complexity index is 2810. The molecule has 0 fully saturated rings. The molecule has 7 aromatic carbocycles. The minimum atomic E-state index is -0.427. The third-order valence-electron chi connectivity index (χ3n) is 8.01. The number of rotatable bonds is 3. The van der Waals surface area contributed by atoms with E-state index in [0.717, 1.165) is 27.3 Å². The third kappa shape index (κ3) is 3.33. The second-order valence-corrected chi connectivity index (χ2v) is 10.3. The molecule has 0 unspecified atom stereocenters. The maximum atomic E-state index is 9.14. The van der Waals surface area contributed by atoms with Crippen LogP contribution in [0.3, 0.4) is 0 Å². The van der Waals surface area contributed by atoms with Crippen LogP contribution in [0.5, 0.6) is 0 Å². The van der Waals surface area contributed by atoms with E-state index < -0.39 is 24.2 Å². The Morgan fingerprint density at radius 2 is 1.10 bits per heavy atom. The Morgan fingerprint density at radius 3 is 1.76 bits per heavy atom. The molecule has 196 valence electrons. The fourth-order valence-corrected chi connectivity index (χ4v) is 6.17. The topological polar surface area (TPSA) is 26.3 Å². The second kappa shape index (κ2) is 8.95. The Labute approximate surface area is 253 Å². The van der Waals surface area contributed by atoms with Gasteiger partial charge in [0, 0.05) is 16.2 Å². The van der Waals surface area contributed by atoms with E-state index >= 15 is 0 Å². The highest BCUT2D eigenvalue weighted by atomic mass is 16.4. The van der Waals surface area contributed by atoms with Gasteiger partial charge in [-0.1, -0.05) is 121 Å². The molecule has 0 atom stereocenters. The fourth-order valence-electron chi connectivity index (χ4n) is 6.17. The summed E-state index contributed by atoms with van der Waals surface area (Å²) in [4.78, 5) is 0. The number of benzene rings is 7. The molecule has 42 heavy (non-hydrogen) atoms. The van der Waals surface area contributed by atoms with Crippen molar-refractivity contribution in [2.75, 3.05) is 0 Å². The molecular weight excluding hydrogens is 512 g/mol. The Morgan fingerprint density at radius 1 is 0.476 bits per heavy atom. The Hall–Kier alpha value is -5.60. The standard InChI is InChI=1S/C40H24O2/c1-2-9-26(10-3-1)36-30-11-4-6-13-32(30)37(33-14-7-5-12-31(33)36)27-19-17-25(18-20-27)29-15-8-16-35-38(29)34-22-21-28-23-24-41-39(28)40(34)42-35/h1-24H/i4D,5D,6D,7D,11D,12D,13D,14D. The summed E-state index contributed by atoms with van der Waals surface area (Å²) in [6, 6.07) is 25.4. The van der Waals surface area contributed by atoms with Gasteiger partial charge in [0.05, 0.1) is 17.2 Å². The third-order valence-corrected chi connectivity index (χ3v) is 8.01. The van der Waals surface area contributed by atoms with E-state index in [1.165, 1.54) is 0 Å². The zero-order valence-electron chi connectivity index (χ0n) is 30.1. The smallest absolute Gasteiger partial charge is 0.178 e. The van der Waals surface area contributed by atoms with Crippen LogP contribution in [0.1, 0.15) is 11.0 Å². The summed E-state index contributed by atoms with van der Waals surface area (Å²) in [5, 5.41) is 3.52. The average molecular weight is 545 g/mol. The predicted octanol–water partition coefficient (Wildman–Crippen LogP) is 11.6. The van der Waals surface area contributed by atoms with Crippen LogP contribution in [0.15, 0.2) is 154 Å². The molecule has 2 heteroatoms. The highest BCUT2D eigenvalue weighted by Crippen LogP contribution is 2.44. The van der Waals surface area contributed by atoms with Gasteiger partial charge in [0.2, 0.25) is 0 Å². The predicted molar refractivity (Wildman–Crippen MR) is 175 cm³/mol. The quantitative estimate of drug-likeness (QED) is 0.207. The molecule has 2 nitrogen and oxygen atoms in total. The summed E-state index contributed by atoms with van der Waals surface area (Å²) in [6.45, 7) is 0.